The quantitative estimate of drug-likeness (QED) is 0.448. The molecule has 20 heavy (non-hydrogen) atoms. The molecule has 0 saturated carbocycles. The molecule has 1 aromatic carbocycles. The van der Waals surface area contributed by atoms with Crippen molar-refractivity contribution < 1.29 is 4.92 Å². The monoisotopic (exact) mass is 279 g/mol. The van der Waals surface area contributed by atoms with Gasteiger partial charge in [-0.3, -0.25) is 15.0 Å². The smallest absolute Gasteiger partial charge is 0.292 e. The second kappa shape index (κ2) is 7.85. The summed E-state index contributed by atoms with van der Waals surface area (Å²) in [6.45, 7) is 8.28. The molecule has 0 aliphatic carbocycles. The van der Waals surface area contributed by atoms with Crippen LogP contribution in [0.2, 0.25) is 0 Å². The van der Waals surface area contributed by atoms with Crippen LogP contribution in [0.1, 0.15) is 45.6 Å². The second-order valence-electron chi connectivity index (χ2n) is 5.23. The normalized spacial score (nSPS) is 12.6. The molecule has 0 radical (unpaired) electrons. The van der Waals surface area contributed by atoms with Crippen LogP contribution in [0.3, 0.4) is 0 Å². The molecule has 0 fully saturated rings. The number of rotatable bonds is 8. The molecule has 112 valence electrons. The lowest BCUT2D eigenvalue weighted by molar-refractivity contribution is -0.384. The Bertz CT molecular complexity index is 449. The van der Waals surface area contributed by atoms with Crippen LogP contribution in [-0.2, 0) is 6.54 Å². The van der Waals surface area contributed by atoms with E-state index in [1.165, 1.54) is 0 Å². The highest BCUT2D eigenvalue weighted by atomic mass is 16.6. The van der Waals surface area contributed by atoms with Gasteiger partial charge >= 0.3 is 0 Å². The minimum Gasteiger partial charge on any atom is -0.393 e. The average molecular weight is 279 g/mol. The van der Waals surface area contributed by atoms with Gasteiger partial charge in [-0.1, -0.05) is 26.3 Å². The highest BCUT2D eigenvalue weighted by Gasteiger charge is 2.16. The number of nitro benzene ring substituents is 1. The van der Waals surface area contributed by atoms with Crippen LogP contribution < -0.4 is 5.73 Å². The van der Waals surface area contributed by atoms with Crippen LogP contribution in [0.4, 0.5) is 11.4 Å². The maximum absolute atomic E-state index is 10.9. The number of anilines is 1. The molecule has 1 aromatic rings. The fraction of sp³-hybridized carbons (Fsp3) is 0.600. The summed E-state index contributed by atoms with van der Waals surface area (Å²) < 4.78 is 0. The predicted octanol–water partition coefficient (Wildman–Crippen LogP) is 3.58. The molecule has 0 amide bonds. The van der Waals surface area contributed by atoms with Crippen molar-refractivity contribution >= 4 is 11.4 Å². The van der Waals surface area contributed by atoms with Gasteiger partial charge in [0.15, 0.2) is 0 Å². The van der Waals surface area contributed by atoms with Gasteiger partial charge in [0.05, 0.1) is 4.92 Å². The summed E-state index contributed by atoms with van der Waals surface area (Å²) in [7, 11) is 0. The number of benzene rings is 1. The topological polar surface area (TPSA) is 72.4 Å². The SMILES string of the molecule is CCCCN(Cc1ccc(N)c([N+](=O)[O-])c1)C(C)CC. The van der Waals surface area contributed by atoms with E-state index in [0.29, 0.717) is 6.04 Å². The third kappa shape index (κ3) is 4.49. The first kappa shape index (κ1) is 16.4. The van der Waals surface area contributed by atoms with Gasteiger partial charge in [0.1, 0.15) is 5.69 Å². The Kier molecular flexibility index (Phi) is 6.45. The lowest BCUT2D eigenvalue weighted by Gasteiger charge is -2.28. The average Bonchev–Trinajstić information content (AvgIpc) is 2.43. The van der Waals surface area contributed by atoms with Gasteiger partial charge in [-0.25, -0.2) is 0 Å². The summed E-state index contributed by atoms with van der Waals surface area (Å²) in [4.78, 5) is 12.9. The lowest BCUT2D eigenvalue weighted by atomic mass is 10.1. The standard InChI is InChI=1S/C15H25N3O2/c1-4-6-9-17(12(3)5-2)11-13-7-8-14(16)15(10-13)18(19)20/h7-8,10,12H,4-6,9,11,16H2,1-3H3. The van der Waals surface area contributed by atoms with Crippen LogP contribution in [0, 0.1) is 10.1 Å². The number of nitrogen functional groups attached to an aromatic ring is 1. The fourth-order valence-corrected chi connectivity index (χ4v) is 2.15. The van der Waals surface area contributed by atoms with Gasteiger partial charge in [0.25, 0.3) is 5.69 Å². The first-order valence-corrected chi connectivity index (χ1v) is 7.26. The van der Waals surface area contributed by atoms with Gasteiger partial charge in [0, 0.05) is 18.7 Å². The highest BCUT2D eigenvalue weighted by molar-refractivity contribution is 5.59. The van der Waals surface area contributed by atoms with E-state index in [9.17, 15) is 10.1 Å². The molecule has 0 bridgehead atoms. The summed E-state index contributed by atoms with van der Waals surface area (Å²) in [6.07, 6.45) is 3.36. The van der Waals surface area contributed by atoms with Gasteiger partial charge < -0.3 is 5.73 Å². The van der Waals surface area contributed by atoms with Crippen molar-refractivity contribution in [2.45, 2.75) is 52.6 Å². The summed E-state index contributed by atoms with van der Waals surface area (Å²) in [5, 5.41) is 10.9. The summed E-state index contributed by atoms with van der Waals surface area (Å²) in [6, 6.07) is 5.57. The van der Waals surface area contributed by atoms with Crippen molar-refractivity contribution in [1.82, 2.24) is 4.90 Å². The second-order valence-corrected chi connectivity index (χ2v) is 5.23. The Morgan fingerprint density at radius 2 is 2.10 bits per heavy atom. The van der Waals surface area contributed by atoms with Crippen LogP contribution in [0.5, 0.6) is 0 Å². The van der Waals surface area contributed by atoms with Crippen molar-refractivity contribution in [2.24, 2.45) is 0 Å². The number of unbranched alkanes of at least 4 members (excludes halogenated alkanes) is 1. The maximum atomic E-state index is 10.9. The molecular formula is C15H25N3O2. The van der Waals surface area contributed by atoms with Crippen LogP contribution in [-0.4, -0.2) is 22.4 Å². The van der Waals surface area contributed by atoms with Gasteiger partial charge in [-0.05, 0) is 37.9 Å². The Morgan fingerprint density at radius 1 is 1.40 bits per heavy atom. The lowest BCUT2D eigenvalue weighted by Crippen LogP contribution is -2.33. The van der Waals surface area contributed by atoms with Gasteiger partial charge in [0.2, 0.25) is 0 Å². The zero-order chi connectivity index (χ0) is 15.1. The molecule has 0 aliphatic rings. The zero-order valence-corrected chi connectivity index (χ0v) is 12.6. The molecule has 2 N–H and O–H groups in total. The molecule has 0 spiro atoms. The largest absolute Gasteiger partial charge is 0.393 e. The van der Waals surface area contributed by atoms with E-state index < -0.39 is 4.92 Å². The Balaban J connectivity index is 2.87. The minimum atomic E-state index is -0.418. The number of nitrogens with zero attached hydrogens (tertiary/aromatic N) is 2. The van der Waals surface area contributed by atoms with Crippen molar-refractivity contribution in [2.75, 3.05) is 12.3 Å². The fourth-order valence-electron chi connectivity index (χ4n) is 2.15. The van der Waals surface area contributed by atoms with E-state index in [2.05, 4.69) is 25.7 Å². The van der Waals surface area contributed by atoms with E-state index in [0.717, 1.165) is 37.9 Å². The summed E-state index contributed by atoms with van der Waals surface area (Å²) >= 11 is 0. The van der Waals surface area contributed by atoms with Crippen molar-refractivity contribution in [3.63, 3.8) is 0 Å². The third-order valence-corrected chi connectivity index (χ3v) is 3.69. The Labute approximate surface area is 120 Å². The molecule has 0 saturated heterocycles. The zero-order valence-electron chi connectivity index (χ0n) is 12.6. The molecule has 0 heterocycles. The van der Waals surface area contributed by atoms with E-state index in [-0.39, 0.29) is 11.4 Å². The first-order valence-electron chi connectivity index (χ1n) is 7.26. The van der Waals surface area contributed by atoms with Crippen LogP contribution in [0.25, 0.3) is 0 Å². The van der Waals surface area contributed by atoms with Crippen LogP contribution >= 0.6 is 0 Å². The summed E-state index contributed by atoms with van der Waals surface area (Å²) in [5.41, 5.74) is 6.81. The minimum absolute atomic E-state index is 0.00194. The molecule has 0 aliphatic heterocycles. The van der Waals surface area contributed by atoms with E-state index >= 15 is 0 Å². The van der Waals surface area contributed by atoms with Crippen molar-refractivity contribution in [3.05, 3.63) is 33.9 Å². The Hall–Kier alpha value is -1.62. The predicted molar refractivity (Wildman–Crippen MR) is 82.6 cm³/mol. The molecule has 1 atom stereocenters. The number of hydrogen-bond acceptors (Lipinski definition) is 4. The maximum Gasteiger partial charge on any atom is 0.292 e. The molecular weight excluding hydrogens is 254 g/mol. The van der Waals surface area contributed by atoms with E-state index in [4.69, 9.17) is 5.73 Å². The number of nitro groups is 1. The third-order valence-electron chi connectivity index (χ3n) is 3.69. The van der Waals surface area contributed by atoms with Crippen molar-refractivity contribution in [3.8, 4) is 0 Å². The van der Waals surface area contributed by atoms with Crippen molar-refractivity contribution in [1.29, 1.82) is 0 Å². The first-order chi connectivity index (χ1) is 9.49. The number of hydrogen-bond donors (Lipinski definition) is 1. The molecule has 5 heteroatoms. The van der Waals surface area contributed by atoms with E-state index in [1.54, 1.807) is 12.1 Å². The summed E-state index contributed by atoms with van der Waals surface area (Å²) in [5.74, 6) is 0. The van der Waals surface area contributed by atoms with Gasteiger partial charge in [-0.15, -0.1) is 0 Å². The Morgan fingerprint density at radius 3 is 2.65 bits per heavy atom. The molecule has 1 rings (SSSR count). The number of nitrogens with two attached hydrogens (primary N) is 1. The van der Waals surface area contributed by atoms with E-state index in [1.807, 2.05) is 6.07 Å². The molecule has 5 nitrogen and oxygen atoms in total. The molecule has 1 unspecified atom stereocenters. The molecule has 0 aromatic heterocycles. The van der Waals surface area contributed by atoms with Crippen LogP contribution in [0.15, 0.2) is 18.2 Å². The highest BCUT2D eigenvalue weighted by Crippen LogP contribution is 2.23. The van der Waals surface area contributed by atoms with Gasteiger partial charge in [-0.2, -0.15) is 0 Å².